The highest BCUT2D eigenvalue weighted by Crippen LogP contribution is 2.28. The zero-order chi connectivity index (χ0) is 15.5. The number of carbonyl (C=O) groups excluding carboxylic acids is 1. The van der Waals surface area contributed by atoms with Crippen molar-refractivity contribution in [2.45, 2.75) is 31.7 Å². The molecule has 1 amide bonds. The SMILES string of the molecule is CC1(C(=O)O)CCCCN1C(=O)/C=C/c1ccc(F)cc1. The predicted octanol–water partition coefficient (Wildman–Crippen LogP) is 2.69. The number of carboxylic acids is 1. The van der Waals surface area contributed by atoms with Gasteiger partial charge < -0.3 is 10.0 Å². The molecule has 1 saturated heterocycles. The van der Waals surface area contributed by atoms with Crippen LogP contribution in [-0.2, 0) is 9.59 Å². The normalized spacial score (nSPS) is 22.5. The molecule has 1 unspecified atom stereocenters. The van der Waals surface area contributed by atoms with Crippen molar-refractivity contribution in [1.29, 1.82) is 0 Å². The summed E-state index contributed by atoms with van der Waals surface area (Å²) in [7, 11) is 0. The molecule has 1 aliphatic heterocycles. The second kappa shape index (κ2) is 6.08. The third-order valence-electron chi connectivity index (χ3n) is 3.91. The van der Waals surface area contributed by atoms with Gasteiger partial charge in [0.1, 0.15) is 11.4 Å². The molecule has 1 aromatic rings. The summed E-state index contributed by atoms with van der Waals surface area (Å²) in [6.07, 6.45) is 4.98. The number of hydrogen-bond acceptors (Lipinski definition) is 2. The fraction of sp³-hybridized carbons (Fsp3) is 0.375. The minimum atomic E-state index is -1.15. The Kier molecular flexibility index (Phi) is 4.40. The van der Waals surface area contributed by atoms with Crippen molar-refractivity contribution in [2.75, 3.05) is 6.54 Å². The van der Waals surface area contributed by atoms with Crippen LogP contribution >= 0.6 is 0 Å². The first-order valence-corrected chi connectivity index (χ1v) is 6.92. The van der Waals surface area contributed by atoms with Crippen LogP contribution in [0.3, 0.4) is 0 Å². The van der Waals surface area contributed by atoms with Crippen molar-refractivity contribution >= 4 is 18.0 Å². The van der Waals surface area contributed by atoms with Crippen LogP contribution < -0.4 is 0 Å². The van der Waals surface area contributed by atoms with E-state index < -0.39 is 11.5 Å². The van der Waals surface area contributed by atoms with Gasteiger partial charge >= 0.3 is 5.97 Å². The van der Waals surface area contributed by atoms with Gasteiger partial charge in [0.2, 0.25) is 5.91 Å². The van der Waals surface area contributed by atoms with Gasteiger partial charge in [0.15, 0.2) is 0 Å². The molecule has 0 saturated carbocycles. The molecule has 1 N–H and O–H groups in total. The molecule has 0 aromatic heterocycles. The Morgan fingerprint density at radius 1 is 1.29 bits per heavy atom. The number of hydrogen-bond donors (Lipinski definition) is 1. The molecule has 5 heteroatoms. The van der Waals surface area contributed by atoms with E-state index in [0.717, 1.165) is 12.8 Å². The summed E-state index contributed by atoms with van der Waals surface area (Å²) < 4.78 is 12.8. The molecule has 0 aliphatic carbocycles. The number of amides is 1. The molecule has 1 heterocycles. The number of halogens is 1. The van der Waals surface area contributed by atoms with E-state index in [1.807, 2.05) is 0 Å². The number of carbonyl (C=O) groups is 2. The lowest BCUT2D eigenvalue weighted by Gasteiger charge is -2.41. The molecule has 1 aliphatic rings. The number of likely N-dealkylation sites (tertiary alicyclic amines) is 1. The number of piperidine rings is 1. The van der Waals surface area contributed by atoms with E-state index >= 15 is 0 Å². The minimum Gasteiger partial charge on any atom is -0.480 e. The summed E-state index contributed by atoms with van der Waals surface area (Å²) in [5, 5.41) is 9.37. The quantitative estimate of drug-likeness (QED) is 0.871. The molecule has 1 aromatic carbocycles. The minimum absolute atomic E-state index is 0.330. The van der Waals surface area contributed by atoms with Gasteiger partial charge in [-0.1, -0.05) is 12.1 Å². The Bertz CT molecular complexity index is 567. The second-order valence-corrected chi connectivity index (χ2v) is 5.41. The molecule has 0 spiro atoms. The van der Waals surface area contributed by atoms with Crippen LogP contribution in [0, 0.1) is 5.82 Å². The van der Waals surface area contributed by atoms with Gasteiger partial charge in [0.25, 0.3) is 0 Å². The van der Waals surface area contributed by atoms with Gasteiger partial charge in [0, 0.05) is 12.6 Å². The van der Waals surface area contributed by atoms with E-state index in [-0.39, 0.29) is 11.7 Å². The molecule has 112 valence electrons. The third kappa shape index (κ3) is 3.29. The summed E-state index contributed by atoms with van der Waals surface area (Å²) in [6.45, 7) is 2.02. The standard InChI is InChI=1S/C16H18FNO3/c1-16(15(20)21)10-2-3-11-18(16)14(19)9-6-12-4-7-13(17)8-5-12/h4-9H,2-3,10-11H2,1H3,(H,20,21)/b9-6+. The number of benzene rings is 1. The van der Waals surface area contributed by atoms with Crippen molar-refractivity contribution in [3.8, 4) is 0 Å². The zero-order valence-corrected chi connectivity index (χ0v) is 11.9. The second-order valence-electron chi connectivity index (χ2n) is 5.41. The van der Waals surface area contributed by atoms with Gasteiger partial charge in [-0.15, -0.1) is 0 Å². The summed E-state index contributed by atoms with van der Waals surface area (Å²) in [5.74, 6) is -1.65. The molecule has 4 nitrogen and oxygen atoms in total. The maximum Gasteiger partial charge on any atom is 0.329 e. The van der Waals surface area contributed by atoms with Gasteiger partial charge in [-0.3, -0.25) is 4.79 Å². The largest absolute Gasteiger partial charge is 0.480 e. The van der Waals surface area contributed by atoms with Crippen molar-refractivity contribution in [3.63, 3.8) is 0 Å². The Balaban J connectivity index is 2.14. The van der Waals surface area contributed by atoms with Crippen molar-refractivity contribution in [1.82, 2.24) is 4.90 Å². The van der Waals surface area contributed by atoms with Gasteiger partial charge in [-0.2, -0.15) is 0 Å². The number of rotatable bonds is 3. The number of aliphatic carboxylic acids is 1. The van der Waals surface area contributed by atoms with E-state index in [4.69, 9.17) is 0 Å². The van der Waals surface area contributed by atoms with Crippen molar-refractivity contribution in [2.24, 2.45) is 0 Å². The van der Waals surface area contributed by atoms with Crippen LogP contribution in [0.4, 0.5) is 4.39 Å². The van der Waals surface area contributed by atoms with E-state index in [2.05, 4.69) is 0 Å². The van der Waals surface area contributed by atoms with Crippen molar-refractivity contribution < 1.29 is 19.1 Å². The lowest BCUT2D eigenvalue weighted by Crippen LogP contribution is -2.57. The molecule has 1 fully saturated rings. The molecule has 0 radical (unpaired) electrons. The highest BCUT2D eigenvalue weighted by atomic mass is 19.1. The number of carboxylic acid groups (broad SMARTS) is 1. The van der Waals surface area contributed by atoms with E-state index in [0.29, 0.717) is 18.5 Å². The highest BCUT2D eigenvalue weighted by molar-refractivity contribution is 5.95. The summed E-state index contributed by atoms with van der Waals surface area (Å²) in [6, 6.07) is 5.75. The molecule has 2 rings (SSSR count). The zero-order valence-electron chi connectivity index (χ0n) is 11.9. The lowest BCUT2D eigenvalue weighted by molar-refractivity contribution is -0.158. The summed E-state index contributed by atoms with van der Waals surface area (Å²) in [5.41, 5.74) is -0.457. The predicted molar refractivity (Wildman–Crippen MR) is 77.0 cm³/mol. The van der Waals surface area contributed by atoms with E-state index in [9.17, 15) is 19.1 Å². The van der Waals surface area contributed by atoms with E-state index in [1.54, 1.807) is 25.1 Å². The van der Waals surface area contributed by atoms with E-state index in [1.165, 1.54) is 23.1 Å². The Hall–Kier alpha value is -2.17. The first-order valence-electron chi connectivity index (χ1n) is 6.92. The van der Waals surface area contributed by atoms with Crippen LogP contribution in [0.2, 0.25) is 0 Å². The van der Waals surface area contributed by atoms with Crippen LogP contribution in [0.1, 0.15) is 31.7 Å². The van der Waals surface area contributed by atoms with Crippen LogP contribution in [0.25, 0.3) is 6.08 Å². The van der Waals surface area contributed by atoms with Gasteiger partial charge in [-0.25, -0.2) is 9.18 Å². The van der Waals surface area contributed by atoms with Gasteiger partial charge in [0.05, 0.1) is 0 Å². The Morgan fingerprint density at radius 3 is 2.57 bits per heavy atom. The summed E-state index contributed by atoms with van der Waals surface area (Å²) in [4.78, 5) is 25.1. The molecular weight excluding hydrogens is 273 g/mol. The average molecular weight is 291 g/mol. The highest BCUT2D eigenvalue weighted by Gasteiger charge is 2.43. The lowest BCUT2D eigenvalue weighted by atomic mass is 9.88. The monoisotopic (exact) mass is 291 g/mol. The fourth-order valence-corrected chi connectivity index (χ4v) is 2.53. The van der Waals surface area contributed by atoms with Crippen LogP contribution in [-0.4, -0.2) is 34.0 Å². The number of nitrogens with zero attached hydrogens (tertiary/aromatic N) is 1. The van der Waals surface area contributed by atoms with Crippen LogP contribution in [0.5, 0.6) is 0 Å². The molecule has 1 atom stereocenters. The Labute approximate surface area is 122 Å². The van der Waals surface area contributed by atoms with Crippen LogP contribution in [0.15, 0.2) is 30.3 Å². The fourth-order valence-electron chi connectivity index (χ4n) is 2.53. The maximum absolute atomic E-state index is 12.8. The third-order valence-corrected chi connectivity index (χ3v) is 3.91. The average Bonchev–Trinajstić information content (AvgIpc) is 2.46. The Morgan fingerprint density at radius 2 is 1.95 bits per heavy atom. The summed E-state index contributed by atoms with van der Waals surface area (Å²) >= 11 is 0. The smallest absolute Gasteiger partial charge is 0.329 e. The molecule has 0 bridgehead atoms. The van der Waals surface area contributed by atoms with Gasteiger partial charge in [-0.05, 0) is 50.0 Å². The first kappa shape index (κ1) is 15.2. The maximum atomic E-state index is 12.8. The van der Waals surface area contributed by atoms with Crippen molar-refractivity contribution in [3.05, 3.63) is 41.7 Å². The topological polar surface area (TPSA) is 57.6 Å². The molecular formula is C16H18FNO3. The molecule has 21 heavy (non-hydrogen) atoms. The first-order chi connectivity index (χ1) is 9.93.